The molecule has 1 aromatic carbocycles. The van der Waals surface area contributed by atoms with Crippen molar-refractivity contribution in [3.63, 3.8) is 0 Å². The fourth-order valence-electron chi connectivity index (χ4n) is 2.53. The lowest BCUT2D eigenvalue weighted by Gasteiger charge is -2.35. The summed E-state index contributed by atoms with van der Waals surface area (Å²) in [5.41, 5.74) is 2.50. The van der Waals surface area contributed by atoms with Gasteiger partial charge in [-0.2, -0.15) is 11.8 Å². The molecule has 1 aromatic rings. The van der Waals surface area contributed by atoms with E-state index in [2.05, 4.69) is 10.6 Å². The van der Waals surface area contributed by atoms with Gasteiger partial charge in [0, 0.05) is 19.3 Å². The summed E-state index contributed by atoms with van der Waals surface area (Å²) in [6.07, 6.45) is 1.76. The highest BCUT2D eigenvalue weighted by Gasteiger charge is 2.33. The van der Waals surface area contributed by atoms with E-state index in [-0.39, 0.29) is 5.60 Å². The molecular formula is C17H24N2O3S. The van der Waals surface area contributed by atoms with Crippen molar-refractivity contribution in [2.24, 2.45) is 0 Å². The van der Waals surface area contributed by atoms with Crippen LogP contribution in [0, 0.1) is 13.8 Å². The fraction of sp³-hybridized carbons (Fsp3) is 0.529. The SMILES string of the molecule is COC1(CNC(=O)C(=O)Nc2ccc(C)c(C)c2)CCSCC1. The van der Waals surface area contributed by atoms with E-state index in [0.717, 1.165) is 35.5 Å². The van der Waals surface area contributed by atoms with Gasteiger partial charge in [-0.25, -0.2) is 0 Å². The van der Waals surface area contributed by atoms with Gasteiger partial charge in [0.05, 0.1) is 5.60 Å². The molecule has 6 heteroatoms. The Bertz CT molecular complexity index is 583. The highest BCUT2D eigenvalue weighted by molar-refractivity contribution is 7.99. The average Bonchev–Trinajstić information content (AvgIpc) is 2.57. The standard InChI is InChI=1S/C17H24N2O3S/c1-12-4-5-14(10-13(12)2)19-16(21)15(20)18-11-17(22-3)6-8-23-9-7-17/h4-5,10H,6-9,11H2,1-3H3,(H,18,20)(H,19,21). The summed E-state index contributed by atoms with van der Waals surface area (Å²) in [4.78, 5) is 24.0. The van der Waals surface area contributed by atoms with Crippen molar-refractivity contribution >= 4 is 29.3 Å². The molecule has 0 aliphatic carbocycles. The van der Waals surface area contributed by atoms with Crippen LogP contribution in [0.15, 0.2) is 18.2 Å². The molecule has 2 rings (SSSR count). The highest BCUT2D eigenvalue weighted by atomic mass is 32.2. The van der Waals surface area contributed by atoms with Crippen LogP contribution in [0.1, 0.15) is 24.0 Å². The first-order valence-corrected chi connectivity index (χ1v) is 8.90. The highest BCUT2D eigenvalue weighted by Crippen LogP contribution is 2.29. The lowest BCUT2D eigenvalue weighted by molar-refractivity contribution is -0.137. The molecule has 0 unspecified atom stereocenters. The predicted molar refractivity (Wildman–Crippen MR) is 93.9 cm³/mol. The minimum Gasteiger partial charge on any atom is -0.376 e. The number of thioether (sulfide) groups is 1. The third-order valence-corrected chi connectivity index (χ3v) is 5.36. The number of nitrogens with one attached hydrogen (secondary N) is 2. The minimum atomic E-state index is -0.648. The molecule has 5 nitrogen and oxygen atoms in total. The number of methoxy groups -OCH3 is 1. The monoisotopic (exact) mass is 336 g/mol. The number of aryl methyl sites for hydroxylation is 2. The maximum atomic E-state index is 12.0. The topological polar surface area (TPSA) is 67.4 Å². The smallest absolute Gasteiger partial charge is 0.313 e. The van der Waals surface area contributed by atoms with Gasteiger partial charge in [-0.05, 0) is 61.5 Å². The van der Waals surface area contributed by atoms with Gasteiger partial charge in [-0.3, -0.25) is 9.59 Å². The fourth-order valence-corrected chi connectivity index (χ4v) is 3.76. The zero-order valence-electron chi connectivity index (χ0n) is 13.9. The van der Waals surface area contributed by atoms with Crippen molar-refractivity contribution in [2.45, 2.75) is 32.3 Å². The summed E-state index contributed by atoms with van der Waals surface area (Å²) in [6.45, 7) is 4.33. The van der Waals surface area contributed by atoms with Crippen molar-refractivity contribution in [2.75, 3.05) is 30.5 Å². The summed E-state index contributed by atoms with van der Waals surface area (Å²) >= 11 is 1.89. The van der Waals surface area contributed by atoms with Gasteiger partial charge in [0.2, 0.25) is 0 Å². The Hall–Kier alpha value is -1.53. The van der Waals surface area contributed by atoms with E-state index in [1.54, 1.807) is 13.2 Å². The Balaban J connectivity index is 1.89. The van der Waals surface area contributed by atoms with Crippen LogP contribution in [-0.2, 0) is 14.3 Å². The second-order valence-corrected chi connectivity index (χ2v) is 7.16. The normalized spacial score (nSPS) is 16.7. The largest absolute Gasteiger partial charge is 0.376 e. The van der Waals surface area contributed by atoms with Crippen LogP contribution in [0.5, 0.6) is 0 Å². The predicted octanol–water partition coefficient (Wildman–Crippen LogP) is 2.27. The number of anilines is 1. The second-order valence-electron chi connectivity index (χ2n) is 5.94. The van der Waals surface area contributed by atoms with E-state index < -0.39 is 11.8 Å². The van der Waals surface area contributed by atoms with Gasteiger partial charge in [-0.15, -0.1) is 0 Å². The maximum absolute atomic E-state index is 12.0. The molecule has 0 spiro atoms. The van der Waals surface area contributed by atoms with Crippen molar-refractivity contribution in [3.05, 3.63) is 29.3 Å². The van der Waals surface area contributed by atoms with Crippen molar-refractivity contribution in [1.29, 1.82) is 0 Å². The van der Waals surface area contributed by atoms with Gasteiger partial charge in [0.1, 0.15) is 0 Å². The molecule has 2 amide bonds. The molecule has 23 heavy (non-hydrogen) atoms. The summed E-state index contributed by atoms with van der Waals surface area (Å²) in [5, 5.41) is 5.34. The maximum Gasteiger partial charge on any atom is 0.313 e. The lowest BCUT2D eigenvalue weighted by atomic mass is 9.96. The third kappa shape index (κ3) is 4.72. The first-order valence-electron chi connectivity index (χ1n) is 7.75. The first-order chi connectivity index (χ1) is 11.0. The number of rotatable bonds is 4. The van der Waals surface area contributed by atoms with Crippen LogP contribution < -0.4 is 10.6 Å². The number of hydrogen-bond donors (Lipinski definition) is 2. The molecule has 0 bridgehead atoms. The molecule has 0 saturated carbocycles. The number of carbonyl (C=O) groups excluding carboxylic acids is 2. The Morgan fingerprint density at radius 2 is 1.87 bits per heavy atom. The van der Waals surface area contributed by atoms with E-state index in [4.69, 9.17) is 4.74 Å². The Kier molecular flexibility index (Phi) is 6.07. The summed E-state index contributed by atoms with van der Waals surface area (Å²) < 4.78 is 5.60. The summed E-state index contributed by atoms with van der Waals surface area (Å²) in [5.74, 6) is 0.750. The number of carbonyl (C=O) groups is 2. The minimum absolute atomic E-state index is 0.346. The van der Waals surface area contributed by atoms with Crippen LogP contribution >= 0.6 is 11.8 Å². The number of ether oxygens (including phenoxy) is 1. The van der Waals surface area contributed by atoms with Gasteiger partial charge in [0.15, 0.2) is 0 Å². The van der Waals surface area contributed by atoms with Crippen LogP contribution in [0.25, 0.3) is 0 Å². The molecule has 1 aliphatic heterocycles. The Morgan fingerprint density at radius 1 is 1.17 bits per heavy atom. The zero-order chi connectivity index (χ0) is 16.9. The van der Waals surface area contributed by atoms with Gasteiger partial charge in [-0.1, -0.05) is 6.07 Å². The molecule has 0 radical (unpaired) electrons. The molecule has 1 fully saturated rings. The summed E-state index contributed by atoms with van der Waals surface area (Å²) in [7, 11) is 1.66. The van der Waals surface area contributed by atoms with Crippen molar-refractivity contribution in [1.82, 2.24) is 5.32 Å². The van der Waals surface area contributed by atoms with Crippen LogP contribution in [0.3, 0.4) is 0 Å². The third-order valence-electron chi connectivity index (χ3n) is 4.38. The van der Waals surface area contributed by atoms with E-state index in [1.165, 1.54) is 0 Å². The van der Waals surface area contributed by atoms with Crippen LogP contribution in [-0.4, -0.2) is 42.6 Å². The first kappa shape index (κ1) is 17.8. The molecule has 0 atom stereocenters. The summed E-state index contributed by atoms with van der Waals surface area (Å²) in [6, 6.07) is 5.57. The van der Waals surface area contributed by atoms with E-state index in [0.29, 0.717) is 12.2 Å². The van der Waals surface area contributed by atoms with E-state index in [1.807, 2.05) is 37.7 Å². The van der Waals surface area contributed by atoms with Crippen LogP contribution in [0.2, 0.25) is 0 Å². The molecule has 126 valence electrons. The molecule has 1 saturated heterocycles. The lowest BCUT2D eigenvalue weighted by Crippen LogP contribution is -2.49. The molecular weight excluding hydrogens is 312 g/mol. The number of hydrogen-bond acceptors (Lipinski definition) is 4. The average molecular weight is 336 g/mol. The van der Waals surface area contributed by atoms with Gasteiger partial charge in [0.25, 0.3) is 0 Å². The second kappa shape index (κ2) is 7.84. The van der Waals surface area contributed by atoms with E-state index >= 15 is 0 Å². The molecule has 0 aromatic heterocycles. The van der Waals surface area contributed by atoms with Crippen molar-refractivity contribution in [3.8, 4) is 0 Å². The molecule has 1 heterocycles. The number of benzene rings is 1. The Morgan fingerprint density at radius 3 is 2.48 bits per heavy atom. The zero-order valence-corrected chi connectivity index (χ0v) is 14.7. The van der Waals surface area contributed by atoms with E-state index in [9.17, 15) is 9.59 Å². The quantitative estimate of drug-likeness (QED) is 0.828. The van der Waals surface area contributed by atoms with Crippen LogP contribution in [0.4, 0.5) is 5.69 Å². The van der Waals surface area contributed by atoms with Crippen molar-refractivity contribution < 1.29 is 14.3 Å². The van der Waals surface area contributed by atoms with Gasteiger partial charge >= 0.3 is 11.8 Å². The Labute approximate surface area is 141 Å². The van der Waals surface area contributed by atoms with Gasteiger partial charge < -0.3 is 15.4 Å². The number of amides is 2. The molecule has 1 aliphatic rings. The molecule has 2 N–H and O–H groups in total.